The normalized spacial score (nSPS) is 12.0. The standard InChI is InChI=1S/C21H25NO2S/c1-14(2)17-9-11-20(12-10-17)25-13-21(24)19-7-5-18(6-8-19)15(3)22-16(4)23/h5-12,14-15H,13H2,1-4H3,(H,22,23)/t15-/m1/s1. The molecule has 0 aromatic heterocycles. The van der Waals surface area contributed by atoms with Crippen molar-refractivity contribution in [2.45, 2.75) is 44.6 Å². The Kier molecular flexibility index (Phi) is 6.82. The zero-order valence-corrected chi connectivity index (χ0v) is 16.0. The average Bonchev–Trinajstić information content (AvgIpc) is 2.59. The zero-order chi connectivity index (χ0) is 18.4. The van der Waals surface area contributed by atoms with Crippen LogP contribution in [0.25, 0.3) is 0 Å². The minimum absolute atomic E-state index is 0.0597. The lowest BCUT2D eigenvalue weighted by Gasteiger charge is -2.13. The molecule has 1 amide bonds. The minimum atomic E-state index is -0.0625. The van der Waals surface area contributed by atoms with Crippen LogP contribution in [-0.4, -0.2) is 17.4 Å². The summed E-state index contributed by atoms with van der Waals surface area (Å²) < 4.78 is 0. The maximum atomic E-state index is 12.4. The zero-order valence-electron chi connectivity index (χ0n) is 15.2. The van der Waals surface area contributed by atoms with Crippen molar-refractivity contribution in [2.24, 2.45) is 0 Å². The highest BCUT2D eigenvalue weighted by Crippen LogP contribution is 2.23. The predicted molar refractivity (Wildman–Crippen MR) is 104 cm³/mol. The first-order valence-electron chi connectivity index (χ1n) is 8.50. The highest BCUT2D eigenvalue weighted by atomic mass is 32.2. The Morgan fingerprint density at radius 3 is 2.00 bits per heavy atom. The first-order valence-corrected chi connectivity index (χ1v) is 9.48. The molecule has 0 aliphatic carbocycles. The summed E-state index contributed by atoms with van der Waals surface area (Å²) in [7, 11) is 0. The Morgan fingerprint density at radius 1 is 0.920 bits per heavy atom. The van der Waals surface area contributed by atoms with E-state index in [4.69, 9.17) is 0 Å². The van der Waals surface area contributed by atoms with Crippen molar-refractivity contribution in [3.8, 4) is 0 Å². The van der Waals surface area contributed by atoms with E-state index in [1.165, 1.54) is 12.5 Å². The van der Waals surface area contributed by atoms with E-state index in [1.807, 2.05) is 31.2 Å². The SMILES string of the molecule is CC(=O)N[C@H](C)c1ccc(C(=O)CSc2ccc(C(C)C)cc2)cc1. The van der Waals surface area contributed by atoms with Crippen molar-refractivity contribution in [1.29, 1.82) is 0 Å². The van der Waals surface area contributed by atoms with Crippen molar-refractivity contribution < 1.29 is 9.59 Å². The van der Waals surface area contributed by atoms with Crippen LogP contribution in [0.1, 0.15) is 61.1 Å². The summed E-state index contributed by atoms with van der Waals surface area (Å²) in [6, 6.07) is 15.8. The van der Waals surface area contributed by atoms with Gasteiger partial charge in [-0.05, 0) is 36.1 Å². The molecule has 0 bridgehead atoms. The number of carbonyl (C=O) groups is 2. The quantitative estimate of drug-likeness (QED) is 0.563. The fourth-order valence-electron chi connectivity index (χ4n) is 2.53. The molecule has 3 nitrogen and oxygen atoms in total. The Morgan fingerprint density at radius 2 is 1.48 bits per heavy atom. The number of thioether (sulfide) groups is 1. The fourth-order valence-corrected chi connectivity index (χ4v) is 3.32. The van der Waals surface area contributed by atoms with E-state index in [1.54, 1.807) is 11.8 Å². The second kappa shape index (κ2) is 8.86. The van der Waals surface area contributed by atoms with Crippen molar-refractivity contribution in [1.82, 2.24) is 5.32 Å². The maximum absolute atomic E-state index is 12.4. The molecule has 4 heteroatoms. The van der Waals surface area contributed by atoms with Crippen LogP contribution in [0.15, 0.2) is 53.4 Å². The lowest BCUT2D eigenvalue weighted by molar-refractivity contribution is -0.119. The number of ketones is 1. The average molecular weight is 356 g/mol. The van der Waals surface area contributed by atoms with Crippen molar-refractivity contribution in [3.63, 3.8) is 0 Å². The van der Waals surface area contributed by atoms with Gasteiger partial charge in [0.15, 0.2) is 5.78 Å². The molecule has 0 saturated heterocycles. The van der Waals surface area contributed by atoms with Gasteiger partial charge in [0.05, 0.1) is 11.8 Å². The van der Waals surface area contributed by atoms with Gasteiger partial charge in [0.2, 0.25) is 5.91 Å². The Labute approximate surface area is 154 Å². The van der Waals surface area contributed by atoms with Gasteiger partial charge in [0.1, 0.15) is 0 Å². The molecule has 25 heavy (non-hydrogen) atoms. The van der Waals surface area contributed by atoms with Crippen LogP contribution >= 0.6 is 11.8 Å². The van der Waals surface area contributed by atoms with Crippen molar-refractivity contribution in [3.05, 3.63) is 65.2 Å². The van der Waals surface area contributed by atoms with Crippen LogP contribution in [0.5, 0.6) is 0 Å². The van der Waals surface area contributed by atoms with Gasteiger partial charge in [0.25, 0.3) is 0 Å². The van der Waals surface area contributed by atoms with Crippen LogP contribution in [-0.2, 0) is 4.79 Å². The van der Waals surface area contributed by atoms with Crippen LogP contribution in [0.4, 0.5) is 0 Å². The first kappa shape index (κ1) is 19.3. The van der Waals surface area contributed by atoms with E-state index < -0.39 is 0 Å². The number of carbonyl (C=O) groups excluding carboxylic acids is 2. The largest absolute Gasteiger partial charge is 0.350 e. The molecule has 0 spiro atoms. The van der Waals surface area contributed by atoms with Crippen LogP contribution < -0.4 is 5.32 Å². The lowest BCUT2D eigenvalue weighted by Crippen LogP contribution is -2.23. The van der Waals surface area contributed by atoms with Crippen LogP contribution in [0.2, 0.25) is 0 Å². The molecule has 0 aliphatic heterocycles. The molecule has 1 N–H and O–H groups in total. The van der Waals surface area contributed by atoms with Gasteiger partial charge in [-0.3, -0.25) is 9.59 Å². The summed E-state index contributed by atoms with van der Waals surface area (Å²) in [6.45, 7) is 7.76. The van der Waals surface area contributed by atoms with Gasteiger partial charge in [-0.15, -0.1) is 11.8 Å². The highest BCUT2D eigenvalue weighted by Gasteiger charge is 2.10. The van der Waals surface area contributed by atoms with Crippen LogP contribution in [0.3, 0.4) is 0 Å². The molecule has 1 atom stereocenters. The third-order valence-corrected chi connectivity index (χ3v) is 5.08. The molecular weight excluding hydrogens is 330 g/mol. The Bertz CT molecular complexity index is 721. The molecule has 0 fully saturated rings. The summed E-state index contributed by atoms with van der Waals surface area (Å²) in [5.41, 5.74) is 2.99. The number of amides is 1. The summed E-state index contributed by atoms with van der Waals surface area (Å²) in [5.74, 6) is 0.977. The summed E-state index contributed by atoms with van der Waals surface area (Å²) >= 11 is 1.56. The van der Waals surface area contributed by atoms with Gasteiger partial charge >= 0.3 is 0 Å². The topological polar surface area (TPSA) is 46.2 Å². The van der Waals surface area contributed by atoms with E-state index in [2.05, 4.69) is 43.4 Å². The number of benzene rings is 2. The monoisotopic (exact) mass is 355 g/mol. The van der Waals surface area contributed by atoms with E-state index in [9.17, 15) is 9.59 Å². The third-order valence-electron chi connectivity index (χ3n) is 4.07. The third kappa shape index (κ3) is 5.75. The Hall–Kier alpha value is -2.07. The van der Waals surface area contributed by atoms with Gasteiger partial charge in [0, 0.05) is 17.4 Å². The lowest BCUT2D eigenvalue weighted by atomic mass is 10.0. The van der Waals surface area contributed by atoms with Crippen molar-refractivity contribution >= 4 is 23.5 Å². The van der Waals surface area contributed by atoms with E-state index in [-0.39, 0.29) is 17.7 Å². The number of nitrogens with one attached hydrogen (secondary N) is 1. The summed E-state index contributed by atoms with van der Waals surface area (Å²) in [6.07, 6.45) is 0. The second-order valence-electron chi connectivity index (χ2n) is 6.48. The molecule has 132 valence electrons. The minimum Gasteiger partial charge on any atom is -0.350 e. The van der Waals surface area contributed by atoms with E-state index in [0.717, 1.165) is 10.5 Å². The predicted octanol–water partition coefficient (Wildman–Crippen LogP) is 4.98. The van der Waals surface area contributed by atoms with Gasteiger partial charge in [-0.25, -0.2) is 0 Å². The molecule has 0 unspecified atom stereocenters. The maximum Gasteiger partial charge on any atom is 0.217 e. The molecular formula is C21H25NO2S. The molecule has 0 radical (unpaired) electrons. The van der Waals surface area contributed by atoms with Crippen molar-refractivity contribution in [2.75, 3.05) is 5.75 Å². The Balaban J connectivity index is 1.93. The number of rotatable bonds is 7. The van der Waals surface area contributed by atoms with Gasteiger partial charge in [-0.2, -0.15) is 0 Å². The first-order chi connectivity index (χ1) is 11.9. The fraction of sp³-hybridized carbons (Fsp3) is 0.333. The van der Waals surface area contributed by atoms with E-state index >= 15 is 0 Å². The molecule has 2 aromatic rings. The number of hydrogen-bond acceptors (Lipinski definition) is 3. The van der Waals surface area contributed by atoms with Gasteiger partial charge < -0.3 is 5.32 Å². The summed E-state index contributed by atoms with van der Waals surface area (Å²) in [4.78, 5) is 24.6. The molecule has 0 aliphatic rings. The number of Topliss-reactive ketones (excluding diaryl/α,β-unsaturated/α-hetero) is 1. The molecule has 2 rings (SSSR count). The molecule has 0 saturated carbocycles. The summed E-state index contributed by atoms with van der Waals surface area (Å²) in [5, 5.41) is 2.84. The van der Waals surface area contributed by atoms with Crippen LogP contribution in [0, 0.1) is 0 Å². The van der Waals surface area contributed by atoms with Gasteiger partial charge in [-0.1, -0.05) is 50.2 Å². The highest BCUT2D eigenvalue weighted by molar-refractivity contribution is 8.00. The second-order valence-corrected chi connectivity index (χ2v) is 7.53. The molecule has 2 aromatic carbocycles. The van der Waals surface area contributed by atoms with E-state index in [0.29, 0.717) is 17.2 Å². The number of hydrogen-bond donors (Lipinski definition) is 1. The molecule has 0 heterocycles. The smallest absolute Gasteiger partial charge is 0.217 e.